The summed E-state index contributed by atoms with van der Waals surface area (Å²) in [6, 6.07) is 11.1. The minimum atomic E-state index is -0.140. The number of pyridine rings is 1. The minimum absolute atomic E-state index is 0.0833. The number of hydrogen-bond donors (Lipinski definition) is 1. The second-order valence-corrected chi connectivity index (χ2v) is 7.51. The van der Waals surface area contributed by atoms with Crippen LogP contribution in [0.5, 0.6) is 0 Å². The van der Waals surface area contributed by atoms with Crippen LogP contribution in [0.1, 0.15) is 47.4 Å². The molecule has 3 aromatic rings. The molecule has 2 heterocycles. The van der Waals surface area contributed by atoms with Gasteiger partial charge in [0.2, 0.25) is 0 Å². The van der Waals surface area contributed by atoms with Crippen LogP contribution in [-0.4, -0.2) is 20.7 Å². The number of hydrogen-bond acceptors (Lipinski definition) is 3. The van der Waals surface area contributed by atoms with Gasteiger partial charge in [-0.1, -0.05) is 24.9 Å². The van der Waals surface area contributed by atoms with Gasteiger partial charge in [-0.3, -0.25) is 4.79 Å². The van der Waals surface area contributed by atoms with Crippen LogP contribution in [0, 0.1) is 6.92 Å². The maximum absolute atomic E-state index is 12.9. The number of rotatable bonds is 6. The topological polar surface area (TPSA) is 59.8 Å². The fourth-order valence-corrected chi connectivity index (χ4v) is 3.46. The number of halogens is 2. The van der Waals surface area contributed by atoms with Gasteiger partial charge in [0.15, 0.2) is 0 Å². The minimum Gasteiger partial charge on any atom is -0.345 e. The predicted octanol–water partition coefficient (Wildman–Crippen LogP) is 5.26. The molecule has 0 spiro atoms. The van der Waals surface area contributed by atoms with E-state index in [4.69, 9.17) is 11.6 Å². The highest BCUT2D eigenvalue weighted by atomic mass is 79.9. The lowest BCUT2D eigenvalue weighted by Crippen LogP contribution is -2.29. The fraction of sp³-hybridized carbons (Fsp3) is 0.250. The largest absolute Gasteiger partial charge is 0.345 e. The first-order valence-corrected chi connectivity index (χ1v) is 9.89. The number of nitrogens with zero attached hydrogens (tertiary/aromatic N) is 3. The number of benzene rings is 1. The Morgan fingerprint density at radius 3 is 2.70 bits per heavy atom. The summed E-state index contributed by atoms with van der Waals surface area (Å²) < 4.78 is 2.49. The van der Waals surface area contributed by atoms with E-state index in [1.165, 1.54) is 0 Å². The summed E-state index contributed by atoms with van der Waals surface area (Å²) in [5.74, 6) is -0.140. The number of aromatic nitrogens is 3. The van der Waals surface area contributed by atoms with Crippen LogP contribution < -0.4 is 5.32 Å². The molecule has 3 rings (SSSR count). The highest BCUT2D eigenvalue weighted by Crippen LogP contribution is 2.22. The van der Waals surface area contributed by atoms with Crippen molar-refractivity contribution in [3.8, 4) is 5.69 Å². The predicted molar refractivity (Wildman–Crippen MR) is 110 cm³/mol. The SMILES string of the molecule is CCCC(NC(=O)c1cnn(-c2ccc(Cl)cc2)c1C)c1ccnc(Br)c1. The lowest BCUT2D eigenvalue weighted by Gasteiger charge is -2.18. The molecule has 0 aliphatic rings. The molecule has 0 saturated carbocycles. The zero-order valence-corrected chi connectivity index (χ0v) is 17.5. The Morgan fingerprint density at radius 2 is 2.04 bits per heavy atom. The molecule has 1 unspecified atom stereocenters. The monoisotopic (exact) mass is 446 g/mol. The third-order valence-electron chi connectivity index (χ3n) is 4.36. The Balaban J connectivity index is 1.83. The summed E-state index contributed by atoms with van der Waals surface area (Å²) in [6.45, 7) is 3.98. The van der Waals surface area contributed by atoms with E-state index in [0.717, 1.165) is 34.4 Å². The number of nitrogens with one attached hydrogen (secondary N) is 1. The van der Waals surface area contributed by atoms with E-state index in [0.29, 0.717) is 10.6 Å². The molecule has 7 heteroatoms. The van der Waals surface area contributed by atoms with Crippen molar-refractivity contribution in [1.82, 2.24) is 20.1 Å². The summed E-state index contributed by atoms with van der Waals surface area (Å²) in [5.41, 5.74) is 3.22. The van der Waals surface area contributed by atoms with Crippen molar-refractivity contribution in [1.29, 1.82) is 0 Å². The van der Waals surface area contributed by atoms with Crippen LogP contribution >= 0.6 is 27.5 Å². The van der Waals surface area contributed by atoms with E-state index < -0.39 is 0 Å². The second-order valence-electron chi connectivity index (χ2n) is 6.26. The number of carbonyl (C=O) groups excluding carboxylic acids is 1. The molecule has 0 radical (unpaired) electrons. The molecule has 0 fully saturated rings. The Morgan fingerprint density at radius 1 is 1.30 bits per heavy atom. The van der Waals surface area contributed by atoms with Crippen molar-refractivity contribution in [3.05, 3.63) is 75.2 Å². The Bertz CT molecular complexity index is 939. The van der Waals surface area contributed by atoms with E-state index in [2.05, 4.69) is 38.3 Å². The molecular formula is C20H20BrClN4O. The molecule has 5 nitrogen and oxygen atoms in total. The third-order valence-corrected chi connectivity index (χ3v) is 5.05. The van der Waals surface area contributed by atoms with Crippen LogP contribution in [0.3, 0.4) is 0 Å². The molecule has 0 aliphatic heterocycles. The quantitative estimate of drug-likeness (QED) is 0.524. The first-order chi connectivity index (χ1) is 13.0. The second kappa shape index (κ2) is 8.67. The smallest absolute Gasteiger partial charge is 0.255 e. The first kappa shape index (κ1) is 19.6. The molecule has 140 valence electrons. The number of carbonyl (C=O) groups is 1. The van der Waals surface area contributed by atoms with Crippen molar-refractivity contribution in [2.75, 3.05) is 0 Å². The lowest BCUT2D eigenvalue weighted by molar-refractivity contribution is 0.0934. The molecule has 2 aromatic heterocycles. The summed E-state index contributed by atoms with van der Waals surface area (Å²) in [4.78, 5) is 17.1. The van der Waals surface area contributed by atoms with E-state index in [1.54, 1.807) is 29.2 Å². The molecule has 27 heavy (non-hydrogen) atoms. The first-order valence-electron chi connectivity index (χ1n) is 8.72. The Hall–Kier alpha value is -2.18. The maximum Gasteiger partial charge on any atom is 0.255 e. The Kier molecular flexibility index (Phi) is 6.29. The van der Waals surface area contributed by atoms with Gasteiger partial charge in [-0.05, 0) is 71.2 Å². The van der Waals surface area contributed by atoms with Crippen molar-refractivity contribution in [2.24, 2.45) is 0 Å². The summed E-state index contributed by atoms with van der Waals surface area (Å²) in [6.07, 6.45) is 5.13. The van der Waals surface area contributed by atoms with Gasteiger partial charge in [-0.2, -0.15) is 5.10 Å². The van der Waals surface area contributed by atoms with E-state index in [-0.39, 0.29) is 11.9 Å². The van der Waals surface area contributed by atoms with Crippen molar-refractivity contribution in [2.45, 2.75) is 32.7 Å². The average Bonchev–Trinajstić information content (AvgIpc) is 3.03. The third kappa shape index (κ3) is 4.57. The van der Waals surface area contributed by atoms with Crippen molar-refractivity contribution in [3.63, 3.8) is 0 Å². The molecule has 0 aliphatic carbocycles. The fourth-order valence-electron chi connectivity index (χ4n) is 2.96. The molecule has 1 amide bonds. The Labute approximate surface area is 171 Å². The van der Waals surface area contributed by atoms with Gasteiger partial charge in [0.05, 0.1) is 29.2 Å². The van der Waals surface area contributed by atoms with Gasteiger partial charge in [-0.25, -0.2) is 9.67 Å². The van der Waals surface area contributed by atoms with Gasteiger partial charge in [-0.15, -0.1) is 0 Å². The highest BCUT2D eigenvalue weighted by molar-refractivity contribution is 9.10. The normalized spacial score (nSPS) is 12.0. The van der Waals surface area contributed by atoms with Crippen LogP contribution in [0.25, 0.3) is 5.69 Å². The van der Waals surface area contributed by atoms with Gasteiger partial charge in [0.1, 0.15) is 4.60 Å². The molecule has 0 bridgehead atoms. The van der Waals surface area contributed by atoms with Crippen LogP contribution in [-0.2, 0) is 0 Å². The van der Waals surface area contributed by atoms with E-state index in [1.807, 2.05) is 31.2 Å². The zero-order chi connectivity index (χ0) is 19.4. The zero-order valence-electron chi connectivity index (χ0n) is 15.1. The van der Waals surface area contributed by atoms with Gasteiger partial charge in [0.25, 0.3) is 5.91 Å². The molecule has 1 N–H and O–H groups in total. The van der Waals surface area contributed by atoms with Crippen LogP contribution in [0.15, 0.2) is 53.4 Å². The van der Waals surface area contributed by atoms with Gasteiger partial charge >= 0.3 is 0 Å². The molecular weight excluding hydrogens is 428 g/mol. The maximum atomic E-state index is 12.9. The van der Waals surface area contributed by atoms with E-state index >= 15 is 0 Å². The molecule has 1 aromatic carbocycles. The van der Waals surface area contributed by atoms with Crippen molar-refractivity contribution < 1.29 is 4.79 Å². The summed E-state index contributed by atoms with van der Waals surface area (Å²) in [5, 5.41) is 8.16. The standard InChI is InChI=1S/C20H20BrClN4O/c1-3-4-18(14-9-10-23-19(21)11-14)25-20(27)17-12-24-26(13(17)2)16-7-5-15(22)6-8-16/h5-12,18H,3-4H2,1-2H3,(H,25,27). The van der Waals surface area contributed by atoms with Gasteiger partial charge < -0.3 is 5.32 Å². The lowest BCUT2D eigenvalue weighted by atomic mass is 10.0. The molecule has 0 saturated heterocycles. The van der Waals surface area contributed by atoms with Crippen molar-refractivity contribution >= 4 is 33.4 Å². The summed E-state index contributed by atoms with van der Waals surface area (Å²) >= 11 is 9.34. The average molecular weight is 448 g/mol. The highest BCUT2D eigenvalue weighted by Gasteiger charge is 2.20. The number of amides is 1. The van der Waals surface area contributed by atoms with Gasteiger partial charge in [0, 0.05) is 11.2 Å². The van der Waals surface area contributed by atoms with E-state index in [9.17, 15) is 4.79 Å². The van der Waals surface area contributed by atoms with Crippen LogP contribution in [0.4, 0.5) is 0 Å². The van der Waals surface area contributed by atoms with Crippen LogP contribution in [0.2, 0.25) is 5.02 Å². The summed E-state index contributed by atoms with van der Waals surface area (Å²) in [7, 11) is 0. The molecule has 1 atom stereocenters.